The second-order valence-electron chi connectivity index (χ2n) is 4.84. The summed E-state index contributed by atoms with van der Waals surface area (Å²) in [5, 5.41) is 15.1. The van der Waals surface area contributed by atoms with Crippen molar-refractivity contribution in [3.05, 3.63) is 46.6 Å². The van der Waals surface area contributed by atoms with E-state index in [1.165, 1.54) is 11.8 Å². The van der Waals surface area contributed by atoms with Gasteiger partial charge in [0.1, 0.15) is 11.6 Å². The van der Waals surface area contributed by atoms with Crippen LogP contribution in [0.3, 0.4) is 0 Å². The van der Waals surface area contributed by atoms with E-state index in [-0.39, 0.29) is 17.0 Å². The van der Waals surface area contributed by atoms with E-state index in [0.29, 0.717) is 11.5 Å². The zero-order chi connectivity index (χ0) is 17.0. The minimum atomic E-state index is -1.19. The molecule has 6 nitrogen and oxygen atoms in total. The van der Waals surface area contributed by atoms with E-state index < -0.39 is 17.7 Å². The van der Waals surface area contributed by atoms with E-state index in [4.69, 9.17) is 9.63 Å². The predicted molar refractivity (Wildman–Crippen MR) is 84.1 cm³/mol. The Balaban J connectivity index is 1.92. The molecular weight excluding hydrogens is 323 g/mol. The Morgan fingerprint density at radius 3 is 2.74 bits per heavy atom. The lowest BCUT2D eigenvalue weighted by Crippen LogP contribution is -2.16. The van der Waals surface area contributed by atoms with Crippen molar-refractivity contribution >= 4 is 29.3 Å². The van der Waals surface area contributed by atoms with E-state index in [9.17, 15) is 14.0 Å². The highest BCUT2D eigenvalue weighted by atomic mass is 32.2. The van der Waals surface area contributed by atoms with Gasteiger partial charge in [0.2, 0.25) is 5.91 Å². The van der Waals surface area contributed by atoms with Crippen LogP contribution in [0.25, 0.3) is 0 Å². The van der Waals surface area contributed by atoms with E-state index in [0.717, 1.165) is 29.5 Å². The number of thioether (sulfide) groups is 1. The molecule has 1 heterocycles. The molecule has 1 aromatic heterocycles. The predicted octanol–water partition coefficient (Wildman–Crippen LogP) is 3.00. The molecule has 0 aliphatic heterocycles. The fraction of sp³-hybridized carbons (Fsp3) is 0.267. The van der Waals surface area contributed by atoms with Crippen LogP contribution in [0.5, 0.6) is 0 Å². The monoisotopic (exact) mass is 338 g/mol. The lowest BCUT2D eigenvalue weighted by Gasteiger charge is -2.07. The van der Waals surface area contributed by atoms with Crippen LogP contribution < -0.4 is 5.32 Å². The minimum Gasteiger partial charge on any atom is -0.478 e. The molecule has 2 aromatic rings. The Bertz CT molecular complexity index is 726. The third-order valence-corrected chi connectivity index (χ3v) is 4.11. The molecule has 0 spiro atoms. The summed E-state index contributed by atoms with van der Waals surface area (Å²) in [5.41, 5.74) is 1.47. The quantitative estimate of drug-likeness (QED) is 0.841. The van der Waals surface area contributed by atoms with Gasteiger partial charge in [-0.05, 0) is 32.0 Å². The first kappa shape index (κ1) is 17.0. The maximum Gasteiger partial charge on any atom is 0.335 e. The summed E-state index contributed by atoms with van der Waals surface area (Å²) in [6.45, 7) is 3.61. The normalized spacial score (nSPS) is 10.6. The average Bonchev–Trinajstić information content (AvgIpc) is 2.81. The van der Waals surface area contributed by atoms with Crippen molar-refractivity contribution in [3.63, 3.8) is 0 Å². The number of anilines is 1. The molecule has 23 heavy (non-hydrogen) atoms. The van der Waals surface area contributed by atoms with Gasteiger partial charge in [-0.3, -0.25) is 4.79 Å². The van der Waals surface area contributed by atoms with E-state index >= 15 is 0 Å². The van der Waals surface area contributed by atoms with Crippen molar-refractivity contribution < 1.29 is 23.6 Å². The van der Waals surface area contributed by atoms with Crippen molar-refractivity contribution in [2.45, 2.75) is 19.6 Å². The van der Waals surface area contributed by atoms with Crippen LogP contribution >= 0.6 is 11.8 Å². The maximum absolute atomic E-state index is 13.6. The Labute approximate surface area is 136 Å². The van der Waals surface area contributed by atoms with Gasteiger partial charge in [-0.1, -0.05) is 5.16 Å². The number of nitrogens with one attached hydrogen (secondary N) is 1. The first-order valence-corrected chi connectivity index (χ1v) is 7.86. The van der Waals surface area contributed by atoms with Gasteiger partial charge >= 0.3 is 5.97 Å². The molecule has 1 amide bonds. The van der Waals surface area contributed by atoms with Gasteiger partial charge in [-0.2, -0.15) is 0 Å². The molecule has 0 fully saturated rings. The van der Waals surface area contributed by atoms with Gasteiger partial charge in [-0.15, -0.1) is 11.8 Å². The van der Waals surface area contributed by atoms with Crippen LogP contribution in [0, 0.1) is 19.7 Å². The molecule has 0 aliphatic carbocycles. The largest absolute Gasteiger partial charge is 0.478 e. The third-order valence-electron chi connectivity index (χ3n) is 3.15. The van der Waals surface area contributed by atoms with Crippen LogP contribution in [0.2, 0.25) is 0 Å². The lowest BCUT2D eigenvalue weighted by molar-refractivity contribution is -0.113. The number of hydrogen-bond donors (Lipinski definition) is 2. The number of carboxylic acids is 1. The number of benzene rings is 1. The van der Waals surface area contributed by atoms with Crippen molar-refractivity contribution in [2.24, 2.45) is 0 Å². The van der Waals surface area contributed by atoms with Gasteiger partial charge in [-0.25, -0.2) is 9.18 Å². The van der Waals surface area contributed by atoms with E-state index in [1.807, 2.05) is 6.92 Å². The van der Waals surface area contributed by atoms with Crippen molar-refractivity contribution in [1.82, 2.24) is 5.16 Å². The molecule has 1 aromatic carbocycles. The van der Waals surface area contributed by atoms with Gasteiger partial charge in [0, 0.05) is 11.3 Å². The molecule has 0 radical (unpaired) electrons. The number of aromatic nitrogens is 1. The topological polar surface area (TPSA) is 92.4 Å². The van der Waals surface area contributed by atoms with Gasteiger partial charge in [0.25, 0.3) is 0 Å². The summed E-state index contributed by atoms with van der Waals surface area (Å²) >= 11 is 1.33. The molecule has 0 bridgehead atoms. The average molecular weight is 338 g/mol. The Morgan fingerprint density at radius 1 is 1.39 bits per heavy atom. The Morgan fingerprint density at radius 2 is 2.13 bits per heavy atom. The molecule has 0 saturated carbocycles. The second kappa shape index (κ2) is 7.28. The highest BCUT2D eigenvalue weighted by Gasteiger charge is 2.13. The molecule has 0 unspecified atom stereocenters. The molecule has 122 valence electrons. The molecule has 0 saturated heterocycles. The van der Waals surface area contributed by atoms with Gasteiger partial charge in [0.05, 0.1) is 22.7 Å². The standard InChI is InChI=1S/C15H15FN2O4S/c1-8-11(9(2)22-18-8)6-23-7-14(19)17-13-5-10(15(20)21)3-4-12(13)16/h3-5H,6-7H2,1-2H3,(H,17,19)(H,20,21). The van der Waals surface area contributed by atoms with Crippen LogP contribution in [-0.2, 0) is 10.5 Å². The number of hydrogen-bond acceptors (Lipinski definition) is 5. The maximum atomic E-state index is 13.6. The number of aromatic carboxylic acids is 1. The van der Waals surface area contributed by atoms with Crippen LogP contribution in [0.15, 0.2) is 22.7 Å². The molecule has 0 aliphatic rings. The fourth-order valence-electron chi connectivity index (χ4n) is 1.89. The van der Waals surface area contributed by atoms with E-state index in [2.05, 4.69) is 10.5 Å². The fourth-order valence-corrected chi connectivity index (χ4v) is 2.87. The van der Waals surface area contributed by atoms with Crippen LogP contribution in [-0.4, -0.2) is 27.9 Å². The Kier molecular flexibility index (Phi) is 5.38. The van der Waals surface area contributed by atoms with Gasteiger partial charge in [0.15, 0.2) is 0 Å². The number of halogens is 1. The highest BCUT2D eigenvalue weighted by Crippen LogP contribution is 2.20. The highest BCUT2D eigenvalue weighted by molar-refractivity contribution is 7.99. The summed E-state index contributed by atoms with van der Waals surface area (Å²) in [7, 11) is 0. The number of amides is 1. The van der Waals surface area contributed by atoms with E-state index in [1.54, 1.807) is 6.92 Å². The molecule has 2 rings (SSSR count). The molecule has 0 atom stereocenters. The summed E-state index contributed by atoms with van der Waals surface area (Å²) in [5.74, 6) is -0.932. The summed E-state index contributed by atoms with van der Waals surface area (Å²) in [6.07, 6.45) is 0. The molecule has 8 heteroatoms. The smallest absolute Gasteiger partial charge is 0.335 e. The lowest BCUT2D eigenvalue weighted by atomic mass is 10.2. The molecule has 2 N–H and O–H groups in total. The SMILES string of the molecule is Cc1noc(C)c1CSCC(=O)Nc1cc(C(=O)O)ccc1F. The third kappa shape index (κ3) is 4.32. The summed E-state index contributed by atoms with van der Waals surface area (Å²) in [4.78, 5) is 22.7. The Hall–Kier alpha value is -2.35. The number of rotatable bonds is 6. The second-order valence-corrected chi connectivity index (χ2v) is 5.83. The van der Waals surface area contributed by atoms with Crippen molar-refractivity contribution in [3.8, 4) is 0 Å². The zero-order valence-corrected chi connectivity index (χ0v) is 13.4. The van der Waals surface area contributed by atoms with Crippen LogP contribution in [0.1, 0.15) is 27.4 Å². The summed E-state index contributed by atoms with van der Waals surface area (Å²) < 4.78 is 18.6. The first-order chi connectivity index (χ1) is 10.9. The minimum absolute atomic E-state index is 0.0925. The summed E-state index contributed by atoms with van der Waals surface area (Å²) in [6, 6.07) is 3.24. The van der Waals surface area contributed by atoms with Crippen molar-refractivity contribution in [1.29, 1.82) is 0 Å². The zero-order valence-electron chi connectivity index (χ0n) is 12.6. The number of aryl methyl sites for hydroxylation is 2. The number of carbonyl (C=O) groups is 2. The van der Waals surface area contributed by atoms with Crippen LogP contribution in [0.4, 0.5) is 10.1 Å². The first-order valence-electron chi connectivity index (χ1n) is 6.70. The van der Waals surface area contributed by atoms with Gasteiger partial charge < -0.3 is 14.9 Å². The number of nitrogens with zero attached hydrogens (tertiary/aromatic N) is 1. The van der Waals surface area contributed by atoms with Crippen molar-refractivity contribution in [2.75, 3.05) is 11.1 Å². The number of carbonyl (C=O) groups excluding carboxylic acids is 1. The molecular formula is C15H15FN2O4S. The number of carboxylic acid groups (broad SMARTS) is 1.